The predicted molar refractivity (Wildman–Crippen MR) is 27.4 cm³/mol. The summed E-state index contributed by atoms with van der Waals surface area (Å²) < 4.78 is 0. The summed E-state index contributed by atoms with van der Waals surface area (Å²) in [6, 6.07) is 0. The molecule has 5 heteroatoms. The van der Waals surface area contributed by atoms with Crippen LogP contribution in [0.15, 0.2) is 5.29 Å². The molecule has 1 amide bonds. The Balaban J connectivity index is 3.38. The quantitative estimate of drug-likeness (QED) is 0.397. The first-order valence-electron chi connectivity index (χ1n) is 2.01. The second-order valence-electron chi connectivity index (χ2n) is 1.27. The number of hydrogen-bond acceptors (Lipinski definition) is 3. The predicted octanol–water partition coefficient (Wildman–Crippen LogP) is -0.349. The fourth-order valence-corrected chi connectivity index (χ4v) is 0.248. The summed E-state index contributed by atoms with van der Waals surface area (Å²) in [5.74, 6) is -0.313. The minimum Gasteiger partial charge on any atom is -0.274 e. The van der Waals surface area contributed by atoms with Crippen molar-refractivity contribution in [2.24, 2.45) is 5.29 Å². The van der Waals surface area contributed by atoms with Crippen LogP contribution in [0.3, 0.4) is 0 Å². The van der Waals surface area contributed by atoms with Crippen molar-refractivity contribution in [1.29, 1.82) is 0 Å². The molecular formula is C3H7N3O2. The molecular weight excluding hydrogens is 110 g/mol. The van der Waals surface area contributed by atoms with Crippen LogP contribution in [0, 0.1) is 4.91 Å². The second-order valence-corrected chi connectivity index (χ2v) is 1.27. The van der Waals surface area contributed by atoms with Crippen LogP contribution in [0.2, 0.25) is 0 Å². The number of carbonyl (C=O) groups is 1. The normalized spacial score (nSPS) is 7.75. The van der Waals surface area contributed by atoms with Crippen molar-refractivity contribution < 1.29 is 4.79 Å². The molecule has 0 aliphatic rings. The van der Waals surface area contributed by atoms with E-state index in [0.717, 1.165) is 5.12 Å². The van der Waals surface area contributed by atoms with Gasteiger partial charge < -0.3 is 0 Å². The van der Waals surface area contributed by atoms with Crippen LogP contribution < -0.4 is 5.43 Å². The van der Waals surface area contributed by atoms with Gasteiger partial charge in [0.2, 0.25) is 5.91 Å². The summed E-state index contributed by atoms with van der Waals surface area (Å²) in [7, 11) is 1.34. The van der Waals surface area contributed by atoms with E-state index >= 15 is 0 Å². The molecule has 5 nitrogen and oxygen atoms in total. The Bertz CT molecular complexity index is 103. The summed E-state index contributed by atoms with van der Waals surface area (Å²) >= 11 is 0. The van der Waals surface area contributed by atoms with Crippen LogP contribution in [0.25, 0.3) is 0 Å². The van der Waals surface area contributed by atoms with Gasteiger partial charge in [-0.25, -0.2) is 5.43 Å². The molecule has 0 fully saturated rings. The molecule has 46 valence electrons. The summed E-state index contributed by atoms with van der Waals surface area (Å²) in [6.45, 7) is 1.29. The highest BCUT2D eigenvalue weighted by Crippen LogP contribution is 1.71. The van der Waals surface area contributed by atoms with E-state index in [0.29, 0.717) is 0 Å². The zero-order chi connectivity index (χ0) is 6.57. The van der Waals surface area contributed by atoms with E-state index in [1.54, 1.807) is 0 Å². The molecule has 0 rings (SSSR count). The first kappa shape index (κ1) is 6.87. The van der Waals surface area contributed by atoms with E-state index in [4.69, 9.17) is 0 Å². The Morgan fingerprint density at radius 2 is 2.25 bits per heavy atom. The van der Waals surface area contributed by atoms with Gasteiger partial charge in [-0.3, -0.25) is 4.79 Å². The van der Waals surface area contributed by atoms with E-state index in [9.17, 15) is 9.70 Å². The van der Waals surface area contributed by atoms with E-state index in [1.165, 1.54) is 14.0 Å². The van der Waals surface area contributed by atoms with Crippen molar-refractivity contribution in [3.63, 3.8) is 0 Å². The number of amides is 1. The van der Waals surface area contributed by atoms with Crippen molar-refractivity contribution in [3.8, 4) is 0 Å². The Morgan fingerprint density at radius 3 is 2.38 bits per heavy atom. The van der Waals surface area contributed by atoms with Gasteiger partial charge in [0.1, 0.15) is 0 Å². The molecule has 1 N–H and O–H groups in total. The van der Waals surface area contributed by atoms with Gasteiger partial charge >= 0.3 is 0 Å². The van der Waals surface area contributed by atoms with Crippen molar-refractivity contribution in [3.05, 3.63) is 4.91 Å². The molecule has 0 aromatic carbocycles. The second kappa shape index (κ2) is 2.95. The first-order valence-corrected chi connectivity index (χ1v) is 2.01. The van der Waals surface area contributed by atoms with Gasteiger partial charge in [-0.1, -0.05) is 0 Å². The maximum atomic E-state index is 10.1. The van der Waals surface area contributed by atoms with E-state index in [1.807, 2.05) is 0 Å². The zero-order valence-corrected chi connectivity index (χ0v) is 4.71. The van der Waals surface area contributed by atoms with Crippen LogP contribution in [0.4, 0.5) is 0 Å². The molecule has 0 aliphatic heterocycles. The largest absolute Gasteiger partial charge is 0.274 e. The average Bonchev–Trinajstić information content (AvgIpc) is 1.65. The fourth-order valence-electron chi connectivity index (χ4n) is 0.248. The molecule has 0 atom stereocenters. The Labute approximate surface area is 46.6 Å². The van der Waals surface area contributed by atoms with Crippen molar-refractivity contribution in [1.82, 2.24) is 10.5 Å². The van der Waals surface area contributed by atoms with Crippen LogP contribution in [-0.2, 0) is 4.79 Å². The molecule has 0 spiro atoms. The van der Waals surface area contributed by atoms with Gasteiger partial charge in [0.25, 0.3) is 0 Å². The molecule has 0 bridgehead atoms. The molecule has 0 aliphatic carbocycles. The van der Waals surface area contributed by atoms with Crippen molar-refractivity contribution >= 4 is 5.91 Å². The minimum atomic E-state index is -0.313. The topological polar surface area (TPSA) is 61.8 Å². The minimum absolute atomic E-state index is 0.313. The number of nitroso groups, excluding NO2 is 1. The lowest BCUT2D eigenvalue weighted by molar-refractivity contribution is -0.123. The number of rotatable bonds is 2. The van der Waals surface area contributed by atoms with Crippen LogP contribution in [-0.4, -0.2) is 18.1 Å². The monoisotopic (exact) mass is 117 g/mol. The molecule has 8 heavy (non-hydrogen) atoms. The zero-order valence-electron chi connectivity index (χ0n) is 4.71. The molecule has 0 saturated heterocycles. The standard InChI is InChI=1S/C3H7N3O2/c1-3(7)4-6(2)5-8/h1-2H3,(H,4,7). The fraction of sp³-hybridized carbons (Fsp3) is 0.667. The highest BCUT2D eigenvalue weighted by atomic mass is 16.3. The van der Waals surface area contributed by atoms with Crippen molar-refractivity contribution in [2.75, 3.05) is 7.05 Å². The van der Waals surface area contributed by atoms with Crippen LogP contribution in [0.1, 0.15) is 6.92 Å². The third kappa shape index (κ3) is 3.08. The summed E-state index contributed by atoms with van der Waals surface area (Å²) in [4.78, 5) is 19.6. The van der Waals surface area contributed by atoms with Gasteiger partial charge in [0, 0.05) is 6.92 Å². The van der Waals surface area contributed by atoms with Gasteiger partial charge in [-0.15, -0.1) is 4.91 Å². The molecule has 0 aromatic heterocycles. The summed E-state index contributed by atoms with van der Waals surface area (Å²) in [6.07, 6.45) is 0. The summed E-state index contributed by atoms with van der Waals surface area (Å²) in [5.41, 5.74) is 2.11. The first-order chi connectivity index (χ1) is 3.66. The Hall–Kier alpha value is -1.13. The number of hydrogen-bond donors (Lipinski definition) is 1. The maximum absolute atomic E-state index is 10.1. The third-order valence-corrected chi connectivity index (χ3v) is 0.442. The number of nitrogens with zero attached hydrogens (tertiary/aromatic N) is 2. The van der Waals surface area contributed by atoms with Gasteiger partial charge in [-0.2, -0.15) is 5.12 Å². The Morgan fingerprint density at radius 1 is 1.75 bits per heavy atom. The highest BCUT2D eigenvalue weighted by Gasteiger charge is 1.92. The highest BCUT2D eigenvalue weighted by molar-refractivity contribution is 5.72. The molecule has 0 saturated carbocycles. The van der Waals surface area contributed by atoms with E-state index in [-0.39, 0.29) is 5.91 Å². The van der Waals surface area contributed by atoms with Gasteiger partial charge in [0.15, 0.2) is 0 Å². The van der Waals surface area contributed by atoms with Crippen LogP contribution >= 0.6 is 0 Å². The molecule has 0 heterocycles. The SMILES string of the molecule is CC(=O)NN(C)N=O. The number of nitrogens with one attached hydrogen (secondary N) is 1. The van der Waals surface area contributed by atoms with Crippen LogP contribution in [0.5, 0.6) is 0 Å². The van der Waals surface area contributed by atoms with Gasteiger partial charge in [-0.05, 0) is 0 Å². The lowest BCUT2D eigenvalue weighted by Gasteiger charge is -2.05. The van der Waals surface area contributed by atoms with E-state index < -0.39 is 0 Å². The molecule has 0 radical (unpaired) electrons. The Kier molecular flexibility index (Phi) is 2.53. The molecule has 0 unspecified atom stereocenters. The van der Waals surface area contributed by atoms with Gasteiger partial charge in [0.05, 0.1) is 12.3 Å². The lowest BCUT2D eigenvalue weighted by Crippen LogP contribution is -2.32. The number of hydrazine groups is 1. The third-order valence-electron chi connectivity index (χ3n) is 0.442. The molecule has 0 aromatic rings. The lowest BCUT2D eigenvalue weighted by atomic mass is 10.8. The summed E-state index contributed by atoms with van der Waals surface area (Å²) in [5, 5.41) is 3.17. The number of carbonyl (C=O) groups excluding carboxylic acids is 1. The van der Waals surface area contributed by atoms with Crippen molar-refractivity contribution in [2.45, 2.75) is 6.92 Å². The maximum Gasteiger partial charge on any atom is 0.236 e. The smallest absolute Gasteiger partial charge is 0.236 e. The van der Waals surface area contributed by atoms with E-state index in [2.05, 4.69) is 10.7 Å². The average molecular weight is 117 g/mol.